The first-order chi connectivity index (χ1) is 19.3. The van der Waals surface area contributed by atoms with Crippen molar-refractivity contribution in [2.24, 2.45) is 0 Å². The fourth-order valence-electron chi connectivity index (χ4n) is 5.03. The van der Waals surface area contributed by atoms with Crippen LogP contribution in [0.5, 0.6) is 5.75 Å². The Morgan fingerprint density at radius 1 is 1.10 bits per heavy atom. The van der Waals surface area contributed by atoms with Crippen molar-refractivity contribution in [3.05, 3.63) is 61.0 Å². The average molecular weight is 541 g/mol. The molecule has 4 heterocycles. The fraction of sp³-hybridized carbons (Fsp3) is 0.333. The van der Waals surface area contributed by atoms with Gasteiger partial charge in [0.2, 0.25) is 5.95 Å². The second-order valence-electron chi connectivity index (χ2n) is 10.9. The average Bonchev–Trinajstić information content (AvgIpc) is 3.56. The number of piperidine rings is 1. The summed E-state index contributed by atoms with van der Waals surface area (Å²) < 4.78 is 18.7. The summed E-state index contributed by atoms with van der Waals surface area (Å²) in [7, 11) is 1.65. The number of anilines is 1. The van der Waals surface area contributed by atoms with Gasteiger partial charge in [-0.05, 0) is 76.1 Å². The lowest BCUT2D eigenvalue weighted by molar-refractivity contribution is 0.0206. The van der Waals surface area contributed by atoms with E-state index in [1.54, 1.807) is 24.5 Å². The molecule has 206 valence electrons. The van der Waals surface area contributed by atoms with Gasteiger partial charge in [0, 0.05) is 42.3 Å². The predicted molar refractivity (Wildman–Crippen MR) is 153 cm³/mol. The van der Waals surface area contributed by atoms with Crippen molar-refractivity contribution in [2.45, 2.75) is 45.3 Å². The van der Waals surface area contributed by atoms with E-state index in [9.17, 15) is 4.79 Å². The van der Waals surface area contributed by atoms with E-state index < -0.39 is 5.60 Å². The lowest BCUT2D eigenvalue weighted by Gasteiger charge is -2.34. The van der Waals surface area contributed by atoms with E-state index in [-0.39, 0.29) is 12.1 Å². The molecular weight excluding hydrogens is 508 g/mol. The summed E-state index contributed by atoms with van der Waals surface area (Å²) in [6.07, 6.45) is 4.87. The van der Waals surface area contributed by atoms with Gasteiger partial charge < -0.3 is 24.1 Å². The van der Waals surface area contributed by atoms with E-state index in [0.29, 0.717) is 24.9 Å². The van der Waals surface area contributed by atoms with Crippen LogP contribution in [-0.2, 0) is 4.74 Å². The third kappa shape index (κ3) is 5.16. The lowest BCUT2D eigenvalue weighted by Crippen LogP contribution is -2.47. The molecule has 0 spiro atoms. The molecule has 2 aromatic carbocycles. The largest absolute Gasteiger partial charge is 0.497 e. The lowest BCUT2D eigenvalue weighted by atomic mass is 10.1. The number of hydrogen-bond donors (Lipinski definition) is 1. The molecule has 5 aromatic rings. The number of furan rings is 1. The first-order valence-electron chi connectivity index (χ1n) is 13.4. The summed E-state index contributed by atoms with van der Waals surface area (Å²) in [5, 5.41) is 4.43. The van der Waals surface area contributed by atoms with Gasteiger partial charge in [-0.15, -0.1) is 0 Å². The van der Waals surface area contributed by atoms with Crippen LogP contribution in [0.15, 0.2) is 65.4 Å². The van der Waals surface area contributed by atoms with Gasteiger partial charge in [-0.3, -0.25) is 4.57 Å². The Morgan fingerprint density at radius 3 is 2.80 bits per heavy atom. The van der Waals surface area contributed by atoms with E-state index in [4.69, 9.17) is 23.9 Å². The first kappa shape index (κ1) is 25.7. The van der Waals surface area contributed by atoms with Crippen LogP contribution in [-0.4, -0.2) is 62.4 Å². The van der Waals surface area contributed by atoms with Gasteiger partial charge >= 0.3 is 6.09 Å². The molecule has 40 heavy (non-hydrogen) atoms. The quantitative estimate of drug-likeness (QED) is 0.287. The molecule has 1 unspecified atom stereocenters. The molecule has 6 rings (SSSR count). The van der Waals surface area contributed by atoms with Gasteiger partial charge in [0.15, 0.2) is 0 Å². The number of rotatable bonds is 5. The second kappa shape index (κ2) is 10.2. The Morgan fingerprint density at radius 2 is 1.98 bits per heavy atom. The summed E-state index contributed by atoms with van der Waals surface area (Å²) in [5.41, 5.74) is 2.88. The third-order valence-corrected chi connectivity index (χ3v) is 6.85. The van der Waals surface area contributed by atoms with Crippen LogP contribution >= 0.6 is 0 Å². The molecular formula is C30H32N6O4. The molecule has 0 bridgehead atoms. The number of nitrogens with zero attached hydrogens (tertiary/aromatic N) is 5. The molecule has 1 amide bonds. The van der Waals surface area contributed by atoms with Crippen LogP contribution < -0.4 is 10.1 Å². The van der Waals surface area contributed by atoms with E-state index in [1.165, 1.54) is 0 Å². The molecule has 10 heteroatoms. The zero-order valence-electron chi connectivity index (χ0n) is 23.0. The normalized spacial score (nSPS) is 15.9. The zero-order valence-corrected chi connectivity index (χ0v) is 23.0. The molecule has 10 nitrogen and oxygen atoms in total. The van der Waals surface area contributed by atoms with Crippen LogP contribution in [0.1, 0.15) is 33.6 Å². The maximum atomic E-state index is 12.7. The van der Waals surface area contributed by atoms with Crippen molar-refractivity contribution in [1.29, 1.82) is 0 Å². The Balaban J connectivity index is 1.34. The number of methoxy groups -OCH3 is 1. The predicted octanol–water partition coefficient (Wildman–Crippen LogP) is 6.05. The van der Waals surface area contributed by atoms with Crippen LogP contribution in [0.2, 0.25) is 0 Å². The molecule has 1 aliphatic rings. The van der Waals surface area contributed by atoms with Crippen molar-refractivity contribution in [2.75, 3.05) is 25.5 Å². The minimum absolute atomic E-state index is 0.000822. The second-order valence-corrected chi connectivity index (χ2v) is 10.9. The summed E-state index contributed by atoms with van der Waals surface area (Å²) in [5.74, 6) is 2.61. The molecule has 1 saturated heterocycles. The van der Waals surface area contributed by atoms with Crippen molar-refractivity contribution < 1.29 is 18.7 Å². The summed E-state index contributed by atoms with van der Waals surface area (Å²) >= 11 is 0. The van der Waals surface area contributed by atoms with Gasteiger partial charge in [0.05, 0.1) is 24.4 Å². The highest BCUT2D eigenvalue weighted by atomic mass is 16.6. The first-order valence-corrected chi connectivity index (χ1v) is 13.4. The Bertz CT molecular complexity index is 1680. The molecule has 1 fully saturated rings. The number of fused-ring (bicyclic) bond motifs is 2. The molecule has 1 atom stereocenters. The number of aromatic nitrogens is 4. The highest BCUT2D eigenvalue weighted by Crippen LogP contribution is 2.32. The van der Waals surface area contributed by atoms with Gasteiger partial charge in [-0.1, -0.05) is 0 Å². The highest BCUT2D eigenvalue weighted by molar-refractivity contribution is 5.87. The van der Waals surface area contributed by atoms with E-state index in [2.05, 4.69) is 16.4 Å². The Hall–Kier alpha value is -4.60. The van der Waals surface area contributed by atoms with E-state index in [0.717, 1.165) is 52.0 Å². The zero-order chi connectivity index (χ0) is 27.9. The van der Waals surface area contributed by atoms with Crippen molar-refractivity contribution in [1.82, 2.24) is 24.4 Å². The van der Waals surface area contributed by atoms with Crippen molar-refractivity contribution in [3.8, 4) is 23.0 Å². The number of likely N-dealkylation sites (tertiary alicyclic amines) is 1. The number of benzene rings is 2. The molecule has 0 aliphatic carbocycles. The minimum Gasteiger partial charge on any atom is -0.497 e. The molecule has 0 saturated carbocycles. The molecule has 1 aliphatic heterocycles. The van der Waals surface area contributed by atoms with Gasteiger partial charge in [-0.2, -0.15) is 4.98 Å². The monoisotopic (exact) mass is 540 g/mol. The maximum absolute atomic E-state index is 12.7. The molecule has 3 aromatic heterocycles. The van der Waals surface area contributed by atoms with E-state index in [1.807, 2.05) is 67.8 Å². The standard InChI is InChI=1S/C30H32N6O4/c1-30(2,3)40-29(37)35-14-5-6-21(18-35)32-28-31-13-11-26(34-28)36-24-17-22(38-4)8-9-23(24)33-27(36)20-7-10-25-19(16-20)12-15-39-25/h7-13,15-17,21H,5-6,14,18H2,1-4H3,(H,31,32,34). The van der Waals surface area contributed by atoms with Crippen LogP contribution in [0.4, 0.5) is 10.7 Å². The van der Waals surface area contributed by atoms with Gasteiger partial charge in [0.25, 0.3) is 0 Å². The number of nitrogens with one attached hydrogen (secondary N) is 1. The number of imidazole rings is 1. The smallest absolute Gasteiger partial charge is 0.410 e. The van der Waals surface area contributed by atoms with Crippen LogP contribution in [0.3, 0.4) is 0 Å². The topological polar surface area (TPSA) is 108 Å². The number of ether oxygens (including phenoxy) is 2. The maximum Gasteiger partial charge on any atom is 0.410 e. The number of amides is 1. The molecule has 1 N–H and O–H groups in total. The summed E-state index contributed by atoms with van der Waals surface area (Å²) in [4.78, 5) is 28.8. The summed E-state index contributed by atoms with van der Waals surface area (Å²) in [6.45, 7) is 6.81. The number of hydrogen-bond acceptors (Lipinski definition) is 8. The fourth-order valence-corrected chi connectivity index (χ4v) is 5.03. The third-order valence-electron chi connectivity index (χ3n) is 6.85. The number of carbonyl (C=O) groups is 1. The summed E-state index contributed by atoms with van der Waals surface area (Å²) in [6, 6.07) is 15.6. The SMILES string of the molecule is COc1ccc2nc(-c3ccc4occc4c3)n(-c3ccnc(NC4CCCN(C(=O)OC(C)(C)C)C4)n3)c2c1. The van der Waals surface area contributed by atoms with Gasteiger partial charge in [-0.25, -0.2) is 14.8 Å². The highest BCUT2D eigenvalue weighted by Gasteiger charge is 2.28. The van der Waals surface area contributed by atoms with Gasteiger partial charge in [0.1, 0.15) is 28.6 Å². The minimum atomic E-state index is -0.537. The van der Waals surface area contributed by atoms with Crippen molar-refractivity contribution >= 4 is 34.0 Å². The van der Waals surface area contributed by atoms with E-state index >= 15 is 0 Å². The number of carbonyl (C=O) groups excluding carboxylic acids is 1. The van der Waals surface area contributed by atoms with Crippen molar-refractivity contribution in [3.63, 3.8) is 0 Å². The molecule has 0 radical (unpaired) electrons. The Labute approximate surface area is 231 Å². The van der Waals surface area contributed by atoms with Crippen LogP contribution in [0, 0.1) is 0 Å². The van der Waals surface area contributed by atoms with Crippen LogP contribution in [0.25, 0.3) is 39.2 Å². The Kier molecular flexibility index (Phi) is 6.53.